The summed E-state index contributed by atoms with van der Waals surface area (Å²) < 4.78 is 49.7. The number of hydrogen-bond donors (Lipinski definition) is 1. The van der Waals surface area contributed by atoms with E-state index < -0.39 is 43.9 Å². The predicted octanol–water partition coefficient (Wildman–Crippen LogP) is 6.78. The van der Waals surface area contributed by atoms with E-state index in [1.165, 1.54) is 16.8 Å². The van der Waals surface area contributed by atoms with E-state index in [0.29, 0.717) is 17.1 Å². The number of methoxy groups -OCH3 is 2. The van der Waals surface area contributed by atoms with Crippen LogP contribution in [-0.2, 0) is 28.7 Å². The number of hydrogen-bond acceptors (Lipinski definition) is 11. The van der Waals surface area contributed by atoms with E-state index in [-0.39, 0.29) is 31.9 Å². The van der Waals surface area contributed by atoms with E-state index in [1.807, 2.05) is 84.9 Å². The quantitative estimate of drug-likeness (QED) is 0.0643. The number of carbonyl (C=O) groups is 1. The first-order valence-electron chi connectivity index (χ1n) is 17.1. The van der Waals surface area contributed by atoms with Crippen molar-refractivity contribution in [3.05, 3.63) is 154 Å². The third-order valence-electron chi connectivity index (χ3n) is 8.87. The summed E-state index contributed by atoms with van der Waals surface area (Å²) in [6.07, 6.45) is -1.07. The van der Waals surface area contributed by atoms with Gasteiger partial charge in [-0.25, -0.2) is 4.79 Å². The van der Waals surface area contributed by atoms with Crippen molar-refractivity contribution >= 4 is 20.0 Å². The van der Waals surface area contributed by atoms with Crippen molar-refractivity contribution in [1.29, 1.82) is 5.26 Å². The number of aromatic nitrogens is 2. The van der Waals surface area contributed by atoms with Crippen LogP contribution in [0.2, 0.25) is 0 Å². The lowest BCUT2D eigenvalue weighted by atomic mass is 9.80. The number of amides is 1. The van der Waals surface area contributed by atoms with Crippen molar-refractivity contribution in [2.24, 2.45) is 0 Å². The van der Waals surface area contributed by atoms with Crippen LogP contribution in [0, 0.1) is 11.3 Å². The van der Waals surface area contributed by atoms with Crippen molar-refractivity contribution in [3.8, 4) is 17.6 Å². The number of nitrogens with zero attached hydrogens (tertiary/aromatic N) is 3. The first-order valence-corrected chi connectivity index (χ1v) is 18.2. The monoisotopic (exact) mass is 749 g/mol. The summed E-state index contributed by atoms with van der Waals surface area (Å²) in [5, 5.41) is 11.6. The number of carbonyl (C=O) groups excluding carboxylic acids is 1. The Morgan fingerprint density at radius 3 is 2.07 bits per heavy atom. The number of anilines is 1. The molecule has 4 aromatic carbocycles. The molecule has 13 nitrogen and oxygen atoms in total. The minimum absolute atomic E-state index is 0.0261. The minimum atomic E-state index is -2.66. The zero-order valence-corrected chi connectivity index (χ0v) is 30.5. The molecule has 0 aliphatic carbocycles. The summed E-state index contributed by atoms with van der Waals surface area (Å²) in [5.74, 6) is 0.974. The molecule has 4 atom stereocenters. The van der Waals surface area contributed by atoms with Crippen LogP contribution in [-0.4, -0.2) is 55.1 Å². The number of rotatable bonds is 16. The Hall–Kier alpha value is -5.74. The zero-order valence-electron chi connectivity index (χ0n) is 29.6. The van der Waals surface area contributed by atoms with Crippen LogP contribution in [0.3, 0.4) is 0 Å². The van der Waals surface area contributed by atoms with Gasteiger partial charge in [-0.1, -0.05) is 72.8 Å². The van der Waals surface area contributed by atoms with Gasteiger partial charge in [-0.05, 0) is 59.2 Å². The second-order valence-electron chi connectivity index (χ2n) is 12.1. The molecule has 1 aliphatic rings. The molecule has 2 heterocycles. The van der Waals surface area contributed by atoms with Crippen LogP contribution in [0.1, 0.15) is 46.1 Å². The second kappa shape index (κ2) is 17.9. The fraction of sp³-hybridized carbons (Fsp3) is 0.250. The lowest BCUT2D eigenvalue weighted by molar-refractivity contribution is -0.0919. The van der Waals surface area contributed by atoms with E-state index in [1.54, 1.807) is 44.6 Å². The Bertz CT molecular complexity index is 2080. The molecule has 1 aliphatic heterocycles. The smallest absolute Gasteiger partial charge is 0.497 e. The lowest BCUT2D eigenvalue weighted by Gasteiger charge is -2.37. The maximum Gasteiger partial charge on any atom is 0.697 e. The Balaban J connectivity index is 1.33. The number of nitriles is 1. The van der Waals surface area contributed by atoms with Crippen LogP contribution in [0.15, 0.2) is 126 Å². The van der Waals surface area contributed by atoms with Gasteiger partial charge in [0.2, 0.25) is 0 Å². The second-order valence-corrected chi connectivity index (χ2v) is 13.0. The normalized spacial score (nSPS) is 17.0. The molecule has 6 rings (SSSR count). The van der Waals surface area contributed by atoms with Gasteiger partial charge in [-0.15, -0.1) is 9.05 Å². The lowest BCUT2D eigenvalue weighted by Crippen LogP contribution is -2.38. The Kier molecular flexibility index (Phi) is 12.6. The first-order chi connectivity index (χ1) is 26.3. The molecule has 5 aromatic rings. The van der Waals surface area contributed by atoms with Crippen LogP contribution in [0.25, 0.3) is 0 Å². The first kappa shape index (κ1) is 38.0. The SMILES string of the molecule is COc1ccc(C(OC[C@H]2O[C@@H](n3ccc(NC(=O)c4ccccc4)nc3=O)C[C@@H]2O[P+](=O)OCCC#N)(c2ccccc2)c2ccc(OC)cc2)cc1. The van der Waals surface area contributed by atoms with Crippen LogP contribution < -0.4 is 20.5 Å². The summed E-state index contributed by atoms with van der Waals surface area (Å²) in [4.78, 5) is 30.1. The third kappa shape index (κ3) is 8.72. The van der Waals surface area contributed by atoms with Gasteiger partial charge in [-0.3, -0.25) is 9.36 Å². The van der Waals surface area contributed by atoms with Gasteiger partial charge in [0.15, 0.2) is 0 Å². The molecule has 0 saturated carbocycles. The highest BCUT2D eigenvalue weighted by Crippen LogP contribution is 2.44. The summed E-state index contributed by atoms with van der Waals surface area (Å²) in [6, 6.07) is 36.8. The van der Waals surface area contributed by atoms with Gasteiger partial charge in [0.25, 0.3) is 5.91 Å². The van der Waals surface area contributed by atoms with E-state index in [2.05, 4.69) is 10.3 Å². The Labute approximate surface area is 313 Å². The average molecular weight is 750 g/mol. The Morgan fingerprint density at radius 2 is 1.50 bits per heavy atom. The summed E-state index contributed by atoms with van der Waals surface area (Å²) in [7, 11) is 0.530. The third-order valence-corrected chi connectivity index (χ3v) is 9.70. The van der Waals surface area contributed by atoms with Gasteiger partial charge < -0.3 is 24.3 Å². The van der Waals surface area contributed by atoms with E-state index >= 15 is 0 Å². The molecule has 276 valence electrons. The summed E-state index contributed by atoms with van der Waals surface area (Å²) in [5.41, 5.74) is 0.904. The highest BCUT2D eigenvalue weighted by Gasteiger charge is 2.46. The van der Waals surface area contributed by atoms with Crippen LogP contribution >= 0.6 is 8.25 Å². The number of nitrogens with one attached hydrogen (secondary N) is 1. The van der Waals surface area contributed by atoms with Crippen molar-refractivity contribution in [2.75, 3.05) is 32.8 Å². The molecule has 1 saturated heterocycles. The number of ether oxygens (including phenoxy) is 4. The van der Waals surface area contributed by atoms with Crippen molar-refractivity contribution in [2.45, 2.75) is 36.9 Å². The maximum absolute atomic E-state index is 13.3. The average Bonchev–Trinajstić information content (AvgIpc) is 3.61. The zero-order chi connectivity index (χ0) is 37.9. The van der Waals surface area contributed by atoms with E-state index in [9.17, 15) is 14.2 Å². The fourth-order valence-electron chi connectivity index (χ4n) is 6.20. The van der Waals surface area contributed by atoms with Crippen molar-refractivity contribution < 1.29 is 37.4 Å². The fourth-order valence-corrected chi connectivity index (χ4v) is 6.94. The topological polar surface area (TPSA) is 160 Å². The Morgan fingerprint density at radius 1 is 0.907 bits per heavy atom. The highest BCUT2D eigenvalue weighted by atomic mass is 31.1. The summed E-state index contributed by atoms with van der Waals surface area (Å²) in [6.45, 7) is -0.182. The van der Waals surface area contributed by atoms with Crippen molar-refractivity contribution in [1.82, 2.24) is 9.55 Å². The van der Waals surface area contributed by atoms with E-state index in [4.69, 9.17) is 33.3 Å². The molecule has 0 spiro atoms. The highest BCUT2D eigenvalue weighted by molar-refractivity contribution is 7.33. The molecule has 1 amide bonds. The standard InChI is InChI=1S/C40H37N4O9P/c1-48-32-18-14-30(15-19-32)40(29-12-7-4-8-13-29,31-16-20-33(49-2)21-17-31)50-27-35-34(53-54(47)51-25-9-23-41)26-37(52-35)44-24-22-36(43-39(44)46)42-38(45)28-10-5-3-6-11-28/h3-8,10-22,24,34-35,37H,9,25-27H2,1-2H3/p+1/t34-,35+,37+/m0/s1. The van der Waals surface area contributed by atoms with E-state index in [0.717, 1.165) is 16.7 Å². The van der Waals surface area contributed by atoms with Gasteiger partial charge in [0.05, 0.1) is 33.3 Å². The molecule has 1 unspecified atom stereocenters. The van der Waals surface area contributed by atoms with Gasteiger partial charge in [-0.2, -0.15) is 10.2 Å². The molecule has 0 radical (unpaired) electrons. The van der Waals surface area contributed by atoms with Crippen LogP contribution in [0.5, 0.6) is 11.5 Å². The van der Waals surface area contributed by atoms with Gasteiger partial charge in [0.1, 0.15) is 48.0 Å². The van der Waals surface area contributed by atoms with Gasteiger partial charge in [0, 0.05) is 22.7 Å². The van der Waals surface area contributed by atoms with Gasteiger partial charge >= 0.3 is 13.9 Å². The maximum atomic E-state index is 13.3. The minimum Gasteiger partial charge on any atom is -0.497 e. The van der Waals surface area contributed by atoms with Crippen LogP contribution in [0.4, 0.5) is 5.82 Å². The molecule has 0 bridgehead atoms. The van der Waals surface area contributed by atoms with Crippen molar-refractivity contribution in [3.63, 3.8) is 0 Å². The molecule has 1 fully saturated rings. The largest absolute Gasteiger partial charge is 0.697 e. The molecule has 1 aromatic heterocycles. The molecule has 14 heteroatoms. The predicted molar refractivity (Wildman–Crippen MR) is 198 cm³/mol. The summed E-state index contributed by atoms with van der Waals surface area (Å²) >= 11 is 0. The molecular weight excluding hydrogens is 711 g/mol. The molecular formula is C40H38N4O9P+. The number of benzene rings is 4. The molecule has 54 heavy (non-hydrogen) atoms. The molecule has 1 N–H and O–H groups in total.